The lowest BCUT2D eigenvalue weighted by Crippen LogP contribution is -2.36. The summed E-state index contributed by atoms with van der Waals surface area (Å²) < 4.78 is 0. The number of nitrogens with zero attached hydrogens (tertiary/aromatic N) is 1. The molecular formula is C11H23N3O. The minimum atomic E-state index is 0.203. The van der Waals surface area contributed by atoms with Gasteiger partial charge in [0, 0.05) is 19.0 Å². The van der Waals surface area contributed by atoms with Gasteiger partial charge < -0.3 is 15.5 Å². The van der Waals surface area contributed by atoms with E-state index in [-0.39, 0.29) is 5.91 Å². The van der Waals surface area contributed by atoms with E-state index in [1.807, 2.05) is 0 Å². The van der Waals surface area contributed by atoms with Crippen molar-refractivity contribution in [1.82, 2.24) is 15.5 Å². The van der Waals surface area contributed by atoms with E-state index in [1.165, 1.54) is 12.8 Å². The third kappa shape index (κ3) is 5.74. The largest absolute Gasteiger partial charge is 0.352 e. The van der Waals surface area contributed by atoms with Crippen LogP contribution in [0.5, 0.6) is 0 Å². The van der Waals surface area contributed by atoms with Gasteiger partial charge in [0.25, 0.3) is 0 Å². The van der Waals surface area contributed by atoms with E-state index in [4.69, 9.17) is 0 Å². The first-order valence-corrected chi connectivity index (χ1v) is 5.83. The maximum atomic E-state index is 10.9. The van der Waals surface area contributed by atoms with E-state index in [0.717, 1.165) is 26.1 Å². The fourth-order valence-electron chi connectivity index (χ4n) is 1.78. The summed E-state index contributed by atoms with van der Waals surface area (Å²) >= 11 is 0. The van der Waals surface area contributed by atoms with Crippen molar-refractivity contribution in [3.05, 3.63) is 0 Å². The maximum absolute atomic E-state index is 10.9. The van der Waals surface area contributed by atoms with Gasteiger partial charge in [-0.1, -0.05) is 0 Å². The molecule has 0 aromatic rings. The van der Waals surface area contributed by atoms with Crippen LogP contribution in [0.15, 0.2) is 0 Å². The second kappa shape index (κ2) is 6.80. The fourth-order valence-corrected chi connectivity index (χ4v) is 1.78. The third-order valence-corrected chi connectivity index (χ3v) is 2.68. The molecule has 1 rings (SSSR count). The average Bonchev–Trinajstić information content (AvgIpc) is 2.57. The normalized spacial score (nSPS) is 21.0. The predicted octanol–water partition coefficient (Wildman–Crippen LogP) is 0.196. The molecule has 1 aliphatic rings. The van der Waals surface area contributed by atoms with Crippen LogP contribution in [0.25, 0.3) is 0 Å². The van der Waals surface area contributed by atoms with Crippen molar-refractivity contribution in [3.63, 3.8) is 0 Å². The standard InChI is InChI=1S/C11H23N3O/c1-14(2)8-4-3-7-12-9-10-5-6-11(15)13-10/h10,12H,3-9H2,1-2H3,(H,13,15). The molecule has 1 fully saturated rings. The zero-order valence-corrected chi connectivity index (χ0v) is 9.88. The van der Waals surface area contributed by atoms with Crippen LogP contribution < -0.4 is 10.6 Å². The Balaban J connectivity index is 1.87. The van der Waals surface area contributed by atoms with Gasteiger partial charge in [0.15, 0.2) is 0 Å². The highest BCUT2D eigenvalue weighted by Crippen LogP contribution is 2.04. The van der Waals surface area contributed by atoms with Crippen molar-refractivity contribution in [2.45, 2.75) is 31.7 Å². The van der Waals surface area contributed by atoms with Crippen LogP contribution in [0.2, 0.25) is 0 Å². The molecule has 4 nitrogen and oxygen atoms in total. The molecule has 1 saturated heterocycles. The molecule has 1 heterocycles. The van der Waals surface area contributed by atoms with Crippen molar-refractivity contribution in [2.75, 3.05) is 33.7 Å². The van der Waals surface area contributed by atoms with Crippen LogP contribution in [-0.2, 0) is 4.79 Å². The first-order valence-electron chi connectivity index (χ1n) is 5.83. The van der Waals surface area contributed by atoms with Crippen molar-refractivity contribution >= 4 is 5.91 Å². The van der Waals surface area contributed by atoms with Gasteiger partial charge in [0.1, 0.15) is 0 Å². The number of amides is 1. The summed E-state index contributed by atoms with van der Waals surface area (Å²) in [4.78, 5) is 13.1. The van der Waals surface area contributed by atoms with Crippen molar-refractivity contribution in [1.29, 1.82) is 0 Å². The number of nitrogens with one attached hydrogen (secondary N) is 2. The molecule has 2 N–H and O–H groups in total. The Morgan fingerprint density at radius 3 is 2.87 bits per heavy atom. The predicted molar refractivity (Wildman–Crippen MR) is 61.8 cm³/mol. The number of rotatable bonds is 7. The van der Waals surface area contributed by atoms with Crippen molar-refractivity contribution in [3.8, 4) is 0 Å². The number of carbonyl (C=O) groups excluding carboxylic acids is 1. The fraction of sp³-hybridized carbons (Fsp3) is 0.909. The van der Waals surface area contributed by atoms with Gasteiger partial charge in [-0.2, -0.15) is 0 Å². The van der Waals surface area contributed by atoms with Gasteiger partial charge in [0.2, 0.25) is 5.91 Å². The van der Waals surface area contributed by atoms with Gasteiger partial charge >= 0.3 is 0 Å². The smallest absolute Gasteiger partial charge is 0.220 e. The summed E-state index contributed by atoms with van der Waals surface area (Å²) in [7, 11) is 4.20. The number of unbranched alkanes of at least 4 members (excludes halogenated alkanes) is 1. The van der Waals surface area contributed by atoms with Crippen LogP contribution >= 0.6 is 0 Å². The Bertz CT molecular complexity index is 194. The van der Waals surface area contributed by atoms with E-state index in [9.17, 15) is 4.79 Å². The van der Waals surface area contributed by atoms with Crippen LogP contribution in [-0.4, -0.2) is 50.6 Å². The lowest BCUT2D eigenvalue weighted by molar-refractivity contribution is -0.119. The SMILES string of the molecule is CN(C)CCCCNCC1CCC(=O)N1. The van der Waals surface area contributed by atoms with Crippen LogP contribution in [0.4, 0.5) is 0 Å². The molecule has 0 saturated carbocycles. The van der Waals surface area contributed by atoms with E-state index < -0.39 is 0 Å². The Morgan fingerprint density at radius 2 is 2.27 bits per heavy atom. The van der Waals surface area contributed by atoms with E-state index in [2.05, 4.69) is 29.6 Å². The van der Waals surface area contributed by atoms with Gasteiger partial charge in [-0.15, -0.1) is 0 Å². The van der Waals surface area contributed by atoms with E-state index >= 15 is 0 Å². The molecule has 4 heteroatoms. The van der Waals surface area contributed by atoms with Gasteiger partial charge in [-0.05, 0) is 46.4 Å². The summed E-state index contributed by atoms with van der Waals surface area (Å²) in [5.74, 6) is 0.203. The number of hydrogen-bond donors (Lipinski definition) is 2. The molecule has 0 aromatic carbocycles. The van der Waals surface area contributed by atoms with Crippen molar-refractivity contribution in [2.24, 2.45) is 0 Å². The first kappa shape index (κ1) is 12.5. The van der Waals surface area contributed by atoms with Crippen LogP contribution in [0, 0.1) is 0 Å². The molecule has 15 heavy (non-hydrogen) atoms. The Morgan fingerprint density at radius 1 is 1.47 bits per heavy atom. The van der Waals surface area contributed by atoms with Gasteiger partial charge in [0.05, 0.1) is 0 Å². The van der Waals surface area contributed by atoms with E-state index in [0.29, 0.717) is 12.5 Å². The maximum Gasteiger partial charge on any atom is 0.220 e. The molecule has 88 valence electrons. The van der Waals surface area contributed by atoms with Crippen LogP contribution in [0.1, 0.15) is 25.7 Å². The summed E-state index contributed by atoms with van der Waals surface area (Å²) in [5, 5.41) is 6.34. The molecule has 1 atom stereocenters. The number of carbonyl (C=O) groups is 1. The molecular weight excluding hydrogens is 190 g/mol. The zero-order valence-electron chi connectivity index (χ0n) is 9.88. The molecule has 1 aliphatic heterocycles. The number of hydrogen-bond acceptors (Lipinski definition) is 3. The first-order chi connectivity index (χ1) is 7.18. The topological polar surface area (TPSA) is 44.4 Å². The average molecular weight is 213 g/mol. The second-order valence-electron chi connectivity index (χ2n) is 4.52. The minimum Gasteiger partial charge on any atom is -0.352 e. The highest BCUT2D eigenvalue weighted by molar-refractivity contribution is 5.78. The Kier molecular flexibility index (Phi) is 5.65. The zero-order chi connectivity index (χ0) is 11.1. The lowest BCUT2D eigenvalue weighted by Gasteiger charge is -2.12. The highest BCUT2D eigenvalue weighted by atomic mass is 16.1. The summed E-state index contributed by atoms with van der Waals surface area (Å²) in [6, 6.07) is 0.367. The van der Waals surface area contributed by atoms with E-state index in [1.54, 1.807) is 0 Å². The Labute approximate surface area is 92.4 Å². The summed E-state index contributed by atoms with van der Waals surface area (Å²) in [6.07, 6.45) is 4.13. The minimum absolute atomic E-state index is 0.203. The van der Waals surface area contributed by atoms with Crippen molar-refractivity contribution < 1.29 is 4.79 Å². The molecule has 0 aromatic heterocycles. The molecule has 0 radical (unpaired) electrons. The molecule has 0 spiro atoms. The molecule has 1 unspecified atom stereocenters. The molecule has 1 amide bonds. The third-order valence-electron chi connectivity index (χ3n) is 2.68. The van der Waals surface area contributed by atoms with Gasteiger partial charge in [-0.3, -0.25) is 4.79 Å². The second-order valence-corrected chi connectivity index (χ2v) is 4.52. The quantitative estimate of drug-likeness (QED) is 0.594. The summed E-state index contributed by atoms with van der Waals surface area (Å²) in [6.45, 7) is 3.13. The summed E-state index contributed by atoms with van der Waals surface area (Å²) in [5.41, 5.74) is 0. The van der Waals surface area contributed by atoms with Crippen LogP contribution in [0.3, 0.4) is 0 Å². The lowest BCUT2D eigenvalue weighted by atomic mass is 10.2. The van der Waals surface area contributed by atoms with Gasteiger partial charge in [-0.25, -0.2) is 0 Å². The Hall–Kier alpha value is -0.610. The highest BCUT2D eigenvalue weighted by Gasteiger charge is 2.19. The molecule has 0 bridgehead atoms. The monoisotopic (exact) mass is 213 g/mol. The molecule has 0 aliphatic carbocycles.